The van der Waals surface area contributed by atoms with Crippen LogP contribution in [0, 0.1) is 5.92 Å². The number of piperidine rings is 1. The maximum atomic E-state index is 13.0. The summed E-state index contributed by atoms with van der Waals surface area (Å²) in [4.78, 5) is 19.4. The molecule has 2 fully saturated rings. The molecule has 2 saturated heterocycles. The SMILES string of the molecule is COC1CCN(c2ccncc2NC(=O)C(C(N)N)C2NCC(Cl)CN2)CC1. The molecular weight excluding hydrogens is 382 g/mol. The van der Waals surface area contributed by atoms with Crippen LogP contribution in [0.4, 0.5) is 11.4 Å². The summed E-state index contributed by atoms with van der Waals surface area (Å²) in [5.41, 5.74) is 13.5. The van der Waals surface area contributed by atoms with Gasteiger partial charge < -0.3 is 26.4 Å². The quantitative estimate of drug-likeness (QED) is 0.316. The van der Waals surface area contributed by atoms with E-state index in [1.54, 1.807) is 19.5 Å². The molecule has 3 heterocycles. The molecular formula is C18H30ClN7O2. The molecule has 3 rings (SSSR count). The highest BCUT2D eigenvalue weighted by Gasteiger charge is 2.35. The summed E-state index contributed by atoms with van der Waals surface area (Å²) in [7, 11) is 1.74. The van der Waals surface area contributed by atoms with Crippen molar-refractivity contribution in [3.05, 3.63) is 18.5 Å². The second kappa shape index (κ2) is 9.82. The summed E-state index contributed by atoms with van der Waals surface area (Å²) in [5.74, 6) is -0.912. The molecule has 156 valence electrons. The fourth-order valence-corrected chi connectivity index (χ4v) is 3.94. The van der Waals surface area contributed by atoms with Crippen LogP contribution in [0.1, 0.15) is 12.8 Å². The first-order valence-electron chi connectivity index (χ1n) is 9.64. The molecule has 0 radical (unpaired) electrons. The van der Waals surface area contributed by atoms with E-state index < -0.39 is 12.1 Å². The van der Waals surface area contributed by atoms with Crippen molar-refractivity contribution in [3.8, 4) is 0 Å². The van der Waals surface area contributed by atoms with E-state index in [-0.39, 0.29) is 23.6 Å². The Labute approximate surface area is 170 Å². The Balaban J connectivity index is 1.71. The van der Waals surface area contributed by atoms with Crippen molar-refractivity contribution in [1.29, 1.82) is 0 Å². The number of hydrogen-bond donors (Lipinski definition) is 5. The number of methoxy groups -OCH3 is 1. The summed E-state index contributed by atoms with van der Waals surface area (Å²) >= 11 is 6.09. The van der Waals surface area contributed by atoms with Crippen molar-refractivity contribution in [2.75, 3.05) is 43.5 Å². The van der Waals surface area contributed by atoms with Crippen LogP contribution in [0.15, 0.2) is 18.5 Å². The normalized spacial score (nSPS) is 25.0. The third-order valence-corrected chi connectivity index (χ3v) is 5.68. The first kappa shape index (κ1) is 21.2. The number of hydrogen-bond acceptors (Lipinski definition) is 8. The fourth-order valence-electron chi connectivity index (χ4n) is 3.76. The van der Waals surface area contributed by atoms with Crippen LogP contribution >= 0.6 is 11.6 Å². The second-order valence-electron chi connectivity index (χ2n) is 7.30. The molecule has 0 spiro atoms. The Kier molecular flexibility index (Phi) is 7.44. The summed E-state index contributed by atoms with van der Waals surface area (Å²) in [6.45, 7) is 2.88. The van der Waals surface area contributed by atoms with Gasteiger partial charge in [0.25, 0.3) is 0 Å². The maximum Gasteiger partial charge on any atom is 0.233 e. The highest BCUT2D eigenvalue weighted by Crippen LogP contribution is 2.28. The van der Waals surface area contributed by atoms with E-state index in [1.807, 2.05) is 6.07 Å². The zero-order chi connectivity index (χ0) is 20.1. The average molecular weight is 412 g/mol. The molecule has 28 heavy (non-hydrogen) atoms. The monoisotopic (exact) mass is 411 g/mol. The van der Waals surface area contributed by atoms with E-state index in [2.05, 4.69) is 25.8 Å². The largest absolute Gasteiger partial charge is 0.381 e. The first-order chi connectivity index (χ1) is 13.5. The number of aromatic nitrogens is 1. The van der Waals surface area contributed by atoms with Crippen molar-refractivity contribution in [3.63, 3.8) is 0 Å². The molecule has 1 atom stereocenters. The van der Waals surface area contributed by atoms with Gasteiger partial charge >= 0.3 is 0 Å². The summed E-state index contributed by atoms with van der Waals surface area (Å²) < 4.78 is 5.44. The molecule has 1 aromatic rings. The van der Waals surface area contributed by atoms with Crippen LogP contribution in [-0.4, -0.2) is 68.0 Å². The molecule has 1 amide bonds. The highest BCUT2D eigenvalue weighted by molar-refractivity contribution is 6.21. The summed E-state index contributed by atoms with van der Waals surface area (Å²) in [6, 6.07) is 1.91. The number of amides is 1. The molecule has 1 unspecified atom stereocenters. The van der Waals surface area contributed by atoms with E-state index in [1.165, 1.54) is 0 Å². The van der Waals surface area contributed by atoms with E-state index in [0.29, 0.717) is 18.8 Å². The number of anilines is 2. The minimum Gasteiger partial charge on any atom is -0.381 e. The van der Waals surface area contributed by atoms with Gasteiger partial charge in [0, 0.05) is 39.5 Å². The summed E-state index contributed by atoms with van der Waals surface area (Å²) in [5, 5.41) is 9.35. The molecule has 9 nitrogen and oxygen atoms in total. The zero-order valence-corrected chi connectivity index (χ0v) is 16.9. The molecule has 2 aliphatic rings. The number of pyridine rings is 1. The number of carbonyl (C=O) groups excluding carboxylic acids is 1. The van der Waals surface area contributed by atoms with Crippen LogP contribution in [-0.2, 0) is 9.53 Å². The Morgan fingerprint density at radius 1 is 1.36 bits per heavy atom. The number of alkyl halides is 1. The van der Waals surface area contributed by atoms with Crippen LogP contribution in [0.2, 0.25) is 0 Å². The molecule has 0 aromatic carbocycles. The Bertz CT molecular complexity index is 647. The molecule has 0 bridgehead atoms. The lowest BCUT2D eigenvalue weighted by Gasteiger charge is -2.36. The Morgan fingerprint density at radius 3 is 2.64 bits per heavy atom. The van der Waals surface area contributed by atoms with Gasteiger partial charge in [-0.15, -0.1) is 11.6 Å². The van der Waals surface area contributed by atoms with Crippen LogP contribution in [0.3, 0.4) is 0 Å². The number of nitrogens with two attached hydrogens (primary N) is 2. The van der Waals surface area contributed by atoms with Crippen molar-refractivity contribution < 1.29 is 9.53 Å². The lowest BCUT2D eigenvalue weighted by Crippen LogP contribution is -2.64. The van der Waals surface area contributed by atoms with Gasteiger partial charge in [0.2, 0.25) is 5.91 Å². The molecule has 0 saturated carbocycles. The van der Waals surface area contributed by atoms with Crippen molar-refractivity contribution >= 4 is 28.9 Å². The predicted molar refractivity (Wildman–Crippen MR) is 110 cm³/mol. The van der Waals surface area contributed by atoms with Crippen LogP contribution in [0.5, 0.6) is 0 Å². The lowest BCUT2D eigenvalue weighted by molar-refractivity contribution is -0.121. The topological polar surface area (TPSA) is 131 Å². The van der Waals surface area contributed by atoms with Crippen LogP contribution < -0.4 is 32.3 Å². The predicted octanol–water partition coefficient (Wildman–Crippen LogP) is -0.379. The summed E-state index contributed by atoms with van der Waals surface area (Å²) in [6.07, 6.45) is 4.39. The second-order valence-corrected chi connectivity index (χ2v) is 7.92. The number of halogens is 1. The van der Waals surface area contributed by atoms with Gasteiger partial charge in [-0.2, -0.15) is 0 Å². The van der Waals surface area contributed by atoms with E-state index >= 15 is 0 Å². The highest BCUT2D eigenvalue weighted by atomic mass is 35.5. The zero-order valence-electron chi connectivity index (χ0n) is 16.1. The molecule has 1 aromatic heterocycles. The minimum atomic E-state index is -0.825. The number of rotatable bonds is 6. The molecule has 10 heteroatoms. The van der Waals surface area contributed by atoms with Crippen molar-refractivity contribution in [2.45, 2.75) is 36.7 Å². The smallest absolute Gasteiger partial charge is 0.233 e. The van der Waals surface area contributed by atoms with Gasteiger partial charge in [0.1, 0.15) is 0 Å². The molecule has 2 aliphatic heterocycles. The van der Waals surface area contributed by atoms with Crippen LogP contribution in [0.25, 0.3) is 0 Å². The van der Waals surface area contributed by atoms with Gasteiger partial charge in [-0.05, 0) is 18.9 Å². The van der Waals surface area contributed by atoms with E-state index in [9.17, 15) is 4.79 Å². The standard InChI is InChI=1S/C18H30ClN7O2/c1-28-12-3-6-26(7-4-12)14-2-5-22-10-13(14)25-18(27)15(16(20)21)17-23-8-11(19)9-24-17/h2,5,10-12,15-17,23-24H,3-4,6-9,20-21H2,1H3,(H,25,27). The van der Waals surface area contributed by atoms with E-state index in [0.717, 1.165) is 31.6 Å². The van der Waals surface area contributed by atoms with Gasteiger partial charge in [0.05, 0.1) is 47.3 Å². The molecule has 0 aliphatic carbocycles. The van der Waals surface area contributed by atoms with Crippen molar-refractivity contribution in [2.24, 2.45) is 17.4 Å². The average Bonchev–Trinajstić information content (AvgIpc) is 2.70. The number of ether oxygens (including phenoxy) is 1. The number of nitrogens with zero attached hydrogens (tertiary/aromatic N) is 2. The lowest BCUT2D eigenvalue weighted by atomic mass is 9.99. The van der Waals surface area contributed by atoms with Crippen molar-refractivity contribution in [1.82, 2.24) is 15.6 Å². The van der Waals surface area contributed by atoms with Gasteiger partial charge in [-0.25, -0.2) is 0 Å². The first-order valence-corrected chi connectivity index (χ1v) is 10.1. The third kappa shape index (κ3) is 5.11. The number of nitrogens with one attached hydrogen (secondary N) is 3. The number of carbonyl (C=O) groups is 1. The maximum absolute atomic E-state index is 13.0. The van der Waals surface area contributed by atoms with Gasteiger partial charge in [0.15, 0.2) is 0 Å². The Hall–Kier alpha value is -1.49. The van der Waals surface area contributed by atoms with Gasteiger partial charge in [-0.1, -0.05) is 0 Å². The minimum absolute atomic E-state index is 0.0334. The molecule has 7 N–H and O–H groups in total. The van der Waals surface area contributed by atoms with E-state index in [4.69, 9.17) is 27.8 Å². The Morgan fingerprint density at radius 2 is 2.04 bits per heavy atom. The third-order valence-electron chi connectivity index (χ3n) is 5.37. The van der Waals surface area contributed by atoms with Gasteiger partial charge in [-0.3, -0.25) is 20.4 Å². The fraction of sp³-hybridized carbons (Fsp3) is 0.667.